The van der Waals surface area contributed by atoms with E-state index in [1.54, 1.807) is 6.92 Å². The van der Waals surface area contributed by atoms with Crippen LogP contribution >= 0.6 is 0 Å². The van der Waals surface area contributed by atoms with Crippen molar-refractivity contribution in [3.63, 3.8) is 0 Å². The fourth-order valence-corrected chi connectivity index (χ4v) is 2.81. The van der Waals surface area contributed by atoms with Crippen molar-refractivity contribution in [2.45, 2.75) is 66.3 Å². The van der Waals surface area contributed by atoms with Crippen molar-refractivity contribution in [2.75, 3.05) is 33.4 Å². The van der Waals surface area contributed by atoms with E-state index in [-0.39, 0.29) is 11.9 Å². The van der Waals surface area contributed by atoms with Crippen LogP contribution in [0.5, 0.6) is 0 Å². The molecule has 6 heteroatoms. The van der Waals surface area contributed by atoms with Crippen molar-refractivity contribution in [3.05, 3.63) is 11.3 Å². The Balaban J connectivity index is 0.00000277. The number of nitrogens with zero attached hydrogens (tertiary/aromatic N) is 1. The third-order valence-corrected chi connectivity index (χ3v) is 4.20. The molecule has 1 rings (SSSR count). The van der Waals surface area contributed by atoms with Crippen LogP contribution in [0.3, 0.4) is 0 Å². The number of carbonyl (C=O) groups is 2. The largest absolute Gasteiger partial charge is 0.466 e. The first-order valence-corrected chi connectivity index (χ1v) is 9.53. The zero-order valence-corrected chi connectivity index (χ0v) is 16.8. The molecule has 1 aliphatic carbocycles. The summed E-state index contributed by atoms with van der Waals surface area (Å²) in [5.74, 6) is -0.570. The van der Waals surface area contributed by atoms with Crippen LogP contribution in [-0.4, -0.2) is 56.2 Å². The summed E-state index contributed by atoms with van der Waals surface area (Å²) in [5, 5.41) is 3.25. The van der Waals surface area contributed by atoms with E-state index in [4.69, 9.17) is 9.47 Å². The number of nitrogens with one attached hydrogen (secondary N) is 1. The Labute approximate surface area is 152 Å². The van der Waals surface area contributed by atoms with Gasteiger partial charge in [-0.2, -0.15) is 0 Å². The normalized spacial score (nSPS) is 14.7. The first-order valence-electron chi connectivity index (χ1n) is 9.53. The fraction of sp³-hybridized carbons (Fsp3) is 0.789. The van der Waals surface area contributed by atoms with Gasteiger partial charge in [0.05, 0.1) is 19.3 Å². The lowest BCUT2D eigenvalue weighted by Crippen LogP contribution is -2.41. The van der Waals surface area contributed by atoms with Gasteiger partial charge in [0.15, 0.2) is 0 Å². The Bertz CT molecular complexity index is 431. The van der Waals surface area contributed by atoms with Crippen molar-refractivity contribution < 1.29 is 19.1 Å². The van der Waals surface area contributed by atoms with Gasteiger partial charge < -0.3 is 19.7 Å². The first-order chi connectivity index (χ1) is 12.1. The van der Waals surface area contributed by atoms with E-state index in [2.05, 4.69) is 24.1 Å². The highest BCUT2D eigenvalue weighted by molar-refractivity contribution is 5.90. The van der Waals surface area contributed by atoms with Crippen LogP contribution in [0.1, 0.15) is 60.3 Å². The molecule has 6 nitrogen and oxygen atoms in total. The van der Waals surface area contributed by atoms with Gasteiger partial charge in [0, 0.05) is 12.2 Å². The molecule has 0 aromatic heterocycles. The highest BCUT2D eigenvalue weighted by Crippen LogP contribution is 2.25. The average Bonchev–Trinajstić information content (AvgIpc) is 3.10. The van der Waals surface area contributed by atoms with Gasteiger partial charge in [0.2, 0.25) is 0 Å². The lowest BCUT2D eigenvalue weighted by molar-refractivity contribution is -0.145. The van der Waals surface area contributed by atoms with E-state index in [9.17, 15) is 9.59 Å². The van der Waals surface area contributed by atoms with E-state index >= 15 is 0 Å². The highest BCUT2D eigenvalue weighted by atomic mass is 16.5. The molecule has 1 aliphatic rings. The summed E-state index contributed by atoms with van der Waals surface area (Å²) in [7, 11) is 1.38. The number of hydrogen-bond acceptors (Lipinski definition) is 6. The third kappa shape index (κ3) is 7.90. The average molecular weight is 357 g/mol. The van der Waals surface area contributed by atoms with E-state index in [0.29, 0.717) is 25.0 Å². The highest BCUT2D eigenvalue weighted by Gasteiger charge is 2.27. The Morgan fingerprint density at radius 1 is 1.16 bits per heavy atom. The number of carbonyl (C=O) groups excluding carboxylic acids is 2. The summed E-state index contributed by atoms with van der Waals surface area (Å²) in [5.41, 5.74) is 1.49. The molecule has 0 aliphatic heterocycles. The number of methoxy groups -OCH3 is 1. The van der Waals surface area contributed by atoms with Crippen LogP contribution in [-0.2, 0) is 19.1 Å². The summed E-state index contributed by atoms with van der Waals surface area (Å²) in [6.45, 7) is 13.1. The van der Waals surface area contributed by atoms with Crippen LogP contribution in [0.2, 0.25) is 0 Å². The SMILES string of the molecule is CC.CCOC(=O)C(CCN(CC)CC)NC1=C(C(=O)OC)CCC1. The van der Waals surface area contributed by atoms with Gasteiger partial charge >= 0.3 is 11.9 Å². The topological polar surface area (TPSA) is 67.9 Å². The van der Waals surface area contributed by atoms with E-state index in [1.807, 2.05) is 13.8 Å². The molecule has 146 valence electrons. The summed E-state index contributed by atoms with van der Waals surface area (Å²) in [6, 6.07) is -0.427. The molecule has 0 amide bonds. The summed E-state index contributed by atoms with van der Waals surface area (Å²) >= 11 is 0. The molecule has 0 spiro atoms. The molecule has 1 unspecified atom stereocenters. The predicted octanol–water partition coefficient (Wildman–Crippen LogP) is 2.88. The molecule has 0 aromatic rings. The molecule has 0 bridgehead atoms. The van der Waals surface area contributed by atoms with Crippen molar-refractivity contribution >= 4 is 11.9 Å². The van der Waals surface area contributed by atoms with Crippen LogP contribution in [0.4, 0.5) is 0 Å². The zero-order chi connectivity index (χ0) is 19.2. The van der Waals surface area contributed by atoms with Crippen LogP contribution in [0, 0.1) is 0 Å². The lowest BCUT2D eigenvalue weighted by Gasteiger charge is -2.24. The maximum Gasteiger partial charge on any atom is 0.335 e. The molecule has 1 atom stereocenters. The quantitative estimate of drug-likeness (QED) is 0.607. The maximum absolute atomic E-state index is 12.2. The molecule has 0 fully saturated rings. The molecule has 1 N–H and O–H groups in total. The van der Waals surface area contributed by atoms with Gasteiger partial charge in [-0.05, 0) is 45.7 Å². The molecule has 25 heavy (non-hydrogen) atoms. The van der Waals surface area contributed by atoms with Gasteiger partial charge in [0.1, 0.15) is 6.04 Å². The second-order valence-electron chi connectivity index (χ2n) is 5.57. The molecule has 0 saturated heterocycles. The van der Waals surface area contributed by atoms with Crippen molar-refractivity contribution in [2.24, 2.45) is 0 Å². The molecule has 0 radical (unpaired) electrons. The Hall–Kier alpha value is -1.56. The third-order valence-electron chi connectivity index (χ3n) is 4.20. The molecule has 0 aromatic carbocycles. The number of rotatable bonds is 10. The lowest BCUT2D eigenvalue weighted by atomic mass is 10.1. The molecule has 0 heterocycles. The second-order valence-corrected chi connectivity index (χ2v) is 5.57. The minimum atomic E-state index is -0.427. The standard InChI is InChI=1S/C17H30N2O4.C2H6/c1-5-19(6-2)12-11-15(17(21)23-7-3)18-14-10-8-9-13(14)16(20)22-4;1-2/h15,18H,5-12H2,1-4H3;1-2H3. The molecule has 0 saturated carbocycles. The minimum Gasteiger partial charge on any atom is -0.466 e. The van der Waals surface area contributed by atoms with Crippen LogP contribution in [0.15, 0.2) is 11.3 Å². The fourth-order valence-electron chi connectivity index (χ4n) is 2.81. The van der Waals surface area contributed by atoms with Gasteiger partial charge in [-0.1, -0.05) is 27.7 Å². The zero-order valence-electron chi connectivity index (χ0n) is 16.8. The smallest absolute Gasteiger partial charge is 0.335 e. The van der Waals surface area contributed by atoms with Gasteiger partial charge in [0.25, 0.3) is 0 Å². The van der Waals surface area contributed by atoms with Crippen molar-refractivity contribution in [1.82, 2.24) is 10.2 Å². The second kappa shape index (κ2) is 13.7. The number of allylic oxidation sites excluding steroid dienone is 1. The Morgan fingerprint density at radius 3 is 2.32 bits per heavy atom. The number of ether oxygens (including phenoxy) is 2. The van der Waals surface area contributed by atoms with Crippen LogP contribution in [0.25, 0.3) is 0 Å². The van der Waals surface area contributed by atoms with Gasteiger partial charge in [-0.15, -0.1) is 0 Å². The summed E-state index contributed by atoms with van der Waals surface area (Å²) < 4.78 is 10.0. The Kier molecular flexibility index (Phi) is 12.8. The van der Waals surface area contributed by atoms with Crippen molar-refractivity contribution in [3.8, 4) is 0 Å². The van der Waals surface area contributed by atoms with E-state index in [1.165, 1.54) is 7.11 Å². The predicted molar refractivity (Wildman–Crippen MR) is 100 cm³/mol. The van der Waals surface area contributed by atoms with Gasteiger partial charge in [-0.3, -0.25) is 0 Å². The minimum absolute atomic E-state index is 0.261. The van der Waals surface area contributed by atoms with E-state index in [0.717, 1.165) is 38.2 Å². The van der Waals surface area contributed by atoms with Gasteiger partial charge in [-0.25, -0.2) is 9.59 Å². The first kappa shape index (κ1) is 23.4. The number of esters is 2. The van der Waals surface area contributed by atoms with E-state index < -0.39 is 6.04 Å². The molecular weight excluding hydrogens is 320 g/mol. The Morgan fingerprint density at radius 2 is 1.80 bits per heavy atom. The summed E-state index contributed by atoms with van der Waals surface area (Å²) in [6.07, 6.45) is 3.02. The summed E-state index contributed by atoms with van der Waals surface area (Å²) in [4.78, 5) is 26.3. The molecular formula is C19H36N2O4. The van der Waals surface area contributed by atoms with Crippen LogP contribution < -0.4 is 5.32 Å². The van der Waals surface area contributed by atoms with Crippen molar-refractivity contribution in [1.29, 1.82) is 0 Å². The maximum atomic E-state index is 12.2. The number of hydrogen-bond donors (Lipinski definition) is 1. The monoisotopic (exact) mass is 356 g/mol.